The summed E-state index contributed by atoms with van der Waals surface area (Å²) >= 11 is 0. The van der Waals surface area contributed by atoms with Gasteiger partial charge in [-0.3, -0.25) is 0 Å². The summed E-state index contributed by atoms with van der Waals surface area (Å²) < 4.78 is 15.5. The molecule has 2 aromatic carbocycles. The van der Waals surface area contributed by atoms with Crippen LogP contribution in [0.1, 0.15) is 44.1 Å². The summed E-state index contributed by atoms with van der Waals surface area (Å²) in [6.07, 6.45) is 0. The molecule has 0 aliphatic heterocycles. The second-order valence-electron chi connectivity index (χ2n) is 6.38. The van der Waals surface area contributed by atoms with Crippen LogP contribution in [0.5, 0.6) is 0 Å². The first kappa shape index (κ1) is 15.4. The molecule has 0 bridgehead atoms. The predicted octanol–water partition coefficient (Wildman–Crippen LogP) is 4.54. The largest absolute Gasteiger partial charge is 0.242 e. The Balaban J connectivity index is 2.13. The van der Waals surface area contributed by atoms with E-state index < -0.39 is 11.0 Å². The van der Waals surface area contributed by atoms with Gasteiger partial charge >= 0.3 is 0 Å². The summed E-state index contributed by atoms with van der Waals surface area (Å²) in [5, 5.41) is -0.0581. The maximum Gasteiger partial charge on any atom is 0.107 e. The summed E-state index contributed by atoms with van der Waals surface area (Å²) in [6.45, 7) is 8.46. The van der Waals surface area contributed by atoms with E-state index in [1.807, 2.05) is 12.1 Å². The van der Waals surface area contributed by atoms with E-state index >= 15 is 0 Å². The fourth-order valence-corrected chi connectivity index (χ4v) is 5.38. The van der Waals surface area contributed by atoms with Gasteiger partial charge in [0.1, 0.15) is 16.2 Å². The molecular weight excluding hydrogens is 290 g/mol. The zero-order valence-electron chi connectivity index (χ0n) is 13.6. The first-order valence-corrected chi connectivity index (χ1v) is 9.06. The maximum atomic E-state index is 13.4. The summed E-state index contributed by atoms with van der Waals surface area (Å²) in [6, 6.07) is 17.2. The number of benzene rings is 2. The zero-order valence-corrected chi connectivity index (χ0v) is 14.4. The van der Waals surface area contributed by atoms with Gasteiger partial charge in [0.05, 0.1) is 0 Å². The molecule has 3 heteroatoms. The van der Waals surface area contributed by atoms with Crippen molar-refractivity contribution >= 4 is 11.0 Å². The fraction of sp³-hybridized carbons (Fsp3) is 0.368. The van der Waals surface area contributed by atoms with Gasteiger partial charge in [-0.25, -0.2) is 8.51 Å². The molecule has 0 aromatic heterocycles. The Morgan fingerprint density at radius 3 is 1.64 bits per heavy atom. The van der Waals surface area contributed by atoms with Crippen molar-refractivity contribution in [2.45, 2.75) is 45.0 Å². The highest BCUT2D eigenvalue weighted by Crippen LogP contribution is 2.47. The van der Waals surface area contributed by atoms with Crippen molar-refractivity contribution in [3.8, 4) is 11.1 Å². The van der Waals surface area contributed by atoms with Gasteiger partial charge in [0.25, 0.3) is 0 Å². The lowest BCUT2D eigenvalue weighted by Crippen LogP contribution is -2.40. The van der Waals surface area contributed by atoms with E-state index in [1.165, 1.54) is 22.3 Å². The normalized spacial score (nSPS) is 15.4. The average Bonchev–Trinajstić information content (AvgIpc) is 2.81. The van der Waals surface area contributed by atoms with Crippen LogP contribution in [-0.2, 0) is 11.0 Å². The molecule has 3 rings (SSSR count). The number of fused-ring (bicyclic) bond motifs is 3. The van der Waals surface area contributed by atoms with E-state index in [4.69, 9.17) is 0 Å². The molecule has 0 amide bonds. The van der Waals surface area contributed by atoms with Crippen LogP contribution in [0.25, 0.3) is 11.1 Å². The maximum absolute atomic E-state index is 13.4. The van der Waals surface area contributed by atoms with Crippen LogP contribution in [0.2, 0.25) is 0 Å². The van der Waals surface area contributed by atoms with Gasteiger partial charge < -0.3 is 0 Å². The van der Waals surface area contributed by atoms with Crippen LogP contribution < -0.4 is 0 Å². The molecule has 2 nitrogen and oxygen atoms in total. The predicted molar refractivity (Wildman–Crippen MR) is 94.0 cm³/mol. The third-order valence-electron chi connectivity index (χ3n) is 4.20. The van der Waals surface area contributed by atoms with Gasteiger partial charge in [0.2, 0.25) is 0 Å². The lowest BCUT2D eigenvalue weighted by molar-refractivity contribution is 0.318. The molecule has 1 aliphatic carbocycles. The molecule has 1 aliphatic rings. The Bertz CT molecular complexity index is 655. The third-order valence-corrected chi connectivity index (χ3v) is 6.37. The Morgan fingerprint density at radius 2 is 1.23 bits per heavy atom. The van der Waals surface area contributed by atoms with Gasteiger partial charge in [-0.1, -0.05) is 48.5 Å². The Hall–Kier alpha value is -1.45. The quantitative estimate of drug-likeness (QED) is 0.811. The highest BCUT2D eigenvalue weighted by molar-refractivity contribution is 7.83. The molecule has 22 heavy (non-hydrogen) atoms. The zero-order chi connectivity index (χ0) is 15.9. The first-order chi connectivity index (χ1) is 10.5. The summed E-state index contributed by atoms with van der Waals surface area (Å²) in [5.74, 6) is 0. The molecule has 2 aromatic rings. The smallest absolute Gasteiger partial charge is 0.107 e. The van der Waals surface area contributed by atoms with Gasteiger partial charge in [-0.05, 0) is 49.9 Å². The first-order valence-electron chi connectivity index (χ1n) is 7.89. The van der Waals surface area contributed by atoms with Gasteiger partial charge in [0, 0.05) is 12.1 Å². The third kappa shape index (κ3) is 2.42. The molecule has 1 unspecified atom stereocenters. The van der Waals surface area contributed by atoms with Gasteiger partial charge in [-0.15, -0.1) is 0 Å². The standard InChI is InChI=1S/C19H23NOS/c1-13(2)20(14(3)4)22(21)19-17-11-7-5-9-15(17)16-10-6-8-12-18(16)19/h5-14,19H,1-4H3. The van der Waals surface area contributed by atoms with Gasteiger partial charge in [0.15, 0.2) is 0 Å². The van der Waals surface area contributed by atoms with E-state index in [9.17, 15) is 4.21 Å². The number of hydrogen-bond acceptors (Lipinski definition) is 1. The van der Waals surface area contributed by atoms with E-state index in [0.29, 0.717) is 0 Å². The molecule has 116 valence electrons. The Labute approximate surface area is 135 Å². The Kier molecular flexibility index (Phi) is 4.20. The lowest BCUT2D eigenvalue weighted by atomic mass is 10.1. The van der Waals surface area contributed by atoms with Crippen LogP contribution in [0.15, 0.2) is 48.5 Å². The van der Waals surface area contributed by atoms with Crippen LogP contribution in [0, 0.1) is 0 Å². The van der Waals surface area contributed by atoms with Crippen LogP contribution in [-0.4, -0.2) is 20.6 Å². The van der Waals surface area contributed by atoms with E-state index in [-0.39, 0.29) is 17.3 Å². The van der Waals surface area contributed by atoms with Crippen molar-refractivity contribution in [2.75, 3.05) is 0 Å². The van der Waals surface area contributed by atoms with Gasteiger partial charge in [-0.2, -0.15) is 0 Å². The fourth-order valence-electron chi connectivity index (χ4n) is 3.46. The van der Waals surface area contributed by atoms with Crippen molar-refractivity contribution in [2.24, 2.45) is 0 Å². The van der Waals surface area contributed by atoms with Crippen LogP contribution >= 0.6 is 0 Å². The molecule has 0 N–H and O–H groups in total. The number of hydrogen-bond donors (Lipinski definition) is 0. The average molecular weight is 313 g/mol. The number of rotatable bonds is 4. The van der Waals surface area contributed by atoms with E-state index in [0.717, 1.165) is 0 Å². The second-order valence-corrected chi connectivity index (χ2v) is 7.82. The summed E-state index contributed by atoms with van der Waals surface area (Å²) in [4.78, 5) is 0. The minimum absolute atomic E-state index is 0.0581. The SMILES string of the molecule is CC(C)N(C(C)C)S(=O)C1c2ccccc2-c2ccccc21. The summed E-state index contributed by atoms with van der Waals surface area (Å²) in [5.41, 5.74) is 4.83. The molecule has 1 atom stereocenters. The number of nitrogens with zero attached hydrogens (tertiary/aromatic N) is 1. The second kappa shape index (κ2) is 5.98. The topological polar surface area (TPSA) is 20.3 Å². The Morgan fingerprint density at radius 1 is 0.818 bits per heavy atom. The minimum Gasteiger partial charge on any atom is -0.242 e. The molecule has 0 radical (unpaired) electrons. The summed E-state index contributed by atoms with van der Waals surface area (Å²) in [7, 11) is -1.08. The van der Waals surface area contributed by atoms with Crippen LogP contribution in [0.3, 0.4) is 0 Å². The highest BCUT2D eigenvalue weighted by Gasteiger charge is 2.36. The molecule has 0 heterocycles. The van der Waals surface area contributed by atoms with Crippen molar-refractivity contribution in [1.29, 1.82) is 0 Å². The minimum atomic E-state index is -1.08. The van der Waals surface area contributed by atoms with Crippen molar-refractivity contribution in [1.82, 2.24) is 4.31 Å². The van der Waals surface area contributed by atoms with E-state index in [1.54, 1.807) is 0 Å². The highest BCUT2D eigenvalue weighted by atomic mass is 32.2. The van der Waals surface area contributed by atoms with E-state index in [2.05, 4.69) is 68.4 Å². The monoisotopic (exact) mass is 313 g/mol. The molecular formula is C19H23NOS. The molecule has 0 saturated carbocycles. The van der Waals surface area contributed by atoms with Crippen molar-refractivity contribution < 1.29 is 4.21 Å². The van der Waals surface area contributed by atoms with Crippen molar-refractivity contribution in [3.05, 3.63) is 59.7 Å². The molecule has 0 saturated heterocycles. The lowest BCUT2D eigenvalue weighted by Gasteiger charge is -2.32. The molecule has 0 fully saturated rings. The molecule has 0 spiro atoms. The van der Waals surface area contributed by atoms with Crippen molar-refractivity contribution in [3.63, 3.8) is 0 Å². The van der Waals surface area contributed by atoms with Crippen LogP contribution in [0.4, 0.5) is 0 Å².